The first-order valence-electron chi connectivity index (χ1n) is 12.2. The standard InChI is InChI=1S/C23H33N7O8/c24-10-2-1-4-17-22(35)27-16(20(25)33)5-3-11-26-15-7-6-13(30(37)38)12-14(15)21(34)28-18(23(36)29-17)8-9-19(31)32/h6-7,12,16-18,26H,1-5,8-11,24H2,(H2,25,33)(H,27,35)(H,28,34)(H,29,36)(H,31,32). The van der Waals surface area contributed by atoms with Crippen LogP contribution in [0.5, 0.6) is 0 Å². The molecule has 3 atom stereocenters. The fraction of sp³-hybridized carbons (Fsp3) is 0.522. The summed E-state index contributed by atoms with van der Waals surface area (Å²) in [5.41, 5.74) is 10.7. The molecule has 1 heterocycles. The van der Waals surface area contributed by atoms with Crippen molar-refractivity contribution in [2.45, 2.75) is 63.1 Å². The molecule has 1 aliphatic rings. The van der Waals surface area contributed by atoms with Gasteiger partial charge in [0.15, 0.2) is 0 Å². The molecule has 208 valence electrons. The minimum atomic E-state index is -1.38. The average Bonchev–Trinajstić information content (AvgIpc) is 2.86. The number of hydrogen-bond donors (Lipinski definition) is 7. The highest BCUT2D eigenvalue weighted by atomic mass is 16.6. The van der Waals surface area contributed by atoms with E-state index in [1.165, 1.54) is 12.1 Å². The number of benzene rings is 1. The van der Waals surface area contributed by atoms with Gasteiger partial charge in [0.2, 0.25) is 17.7 Å². The van der Waals surface area contributed by atoms with Crippen molar-refractivity contribution in [1.29, 1.82) is 0 Å². The van der Waals surface area contributed by atoms with Crippen LogP contribution < -0.4 is 32.7 Å². The zero-order chi connectivity index (χ0) is 28.2. The number of amides is 4. The molecule has 0 bridgehead atoms. The van der Waals surface area contributed by atoms with Crippen LogP contribution in [0, 0.1) is 10.1 Å². The Morgan fingerprint density at radius 1 is 1.05 bits per heavy atom. The van der Waals surface area contributed by atoms with E-state index < -0.39 is 59.1 Å². The molecule has 9 N–H and O–H groups in total. The molecule has 3 unspecified atom stereocenters. The lowest BCUT2D eigenvalue weighted by Gasteiger charge is -2.24. The van der Waals surface area contributed by atoms with E-state index in [4.69, 9.17) is 16.6 Å². The van der Waals surface area contributed by atoms with Crippen molar-refractivity contribution in [3.05, 3.63) is 33.9 Å². The molecule has 0 aromatic heterocycles. The molecule has 0 saturated carbocycles. The van der Waals surface area contributed by atoms with E-state index in [1.807, 2.05) is 0 Å². The SMILES string of the molecule is NCCCCC1NC(=O)C(CCC(=O)O)NC(=O)c2cc([N+](=O)[O-])ccc2NCCCC(C(N)=O)NC1=O. The largest absolute Gasteiger partial charge is 0.481 e. The molecule has 15 nitrogen and oxygen atoms in total. The van der Waals surface area contributed by atoms with Crippen LogP contribution in [0.3, 0.4) is 0 Å². The number of hydrogen-bond acceptors (Lipinski definition) is 9. The van der Waals surface area contributed by atoms with Crippen LogP contribution in [0.4, 0.5) is 11.4 Å². The van der Waals surface area contributed by atoms with E-state index in [9.17, 15) is 34.1 Å². The third-order valence-electron chi connectivity index (χ3n) is 5.95. The van der Waals surface area contributed by atoms with Gasteiger partial charge >= 0.3 is 5.97 Å². The summed E-state index contributed by atoms with van der Waals surface area (Å²) in [4.78, 5) is 73.1. The summed E-state index contributed by atoms with van der Waals surface area (Å²) in [6.45, 7) is 0.569. The summed E-state index contributed by atoms with van der Waals surface area (Å²) in [7, 11) is 0. The number of non-ortho nitro benzene ring substituents is 1. The lowest BCUT2D eigenvalue weighted by Crippen LogP contribution is -2.56. The maximum Gasteiger partial charge on any atom is 0.303 e. The first-order valence-corrected chi connectivity index (χ1v) is 12.2. The fourth-order valence-electron chi connectivity index (χ4n) is 3.88. The van der Waals surface area contributed by atoms with E-state index in [-0.39, 0.29) is 42.7 Å². The van der Waals surface area contributed by atoms with Gasteiger partial charge in [0.05, 0.1) is 10.5 Å². The van der Waals surface area contributed by atoms with E-state index in [0.29, 0.717) is 25.8 Å². The molecule has 0 spiro atoms. The Morgan fingerprint density at radius 2 is 1.74 bits per heavy atom. The summed E-state index contributed by atoms with van der Waals surface area (Å²) >= 11 is 0. The topological polar surface area (TPSA) is 249 Å². The highest BCUT2D eigenvalue weighted by molar-refractivity contribution is 6.03. The number of nitro groups is 1. The molecule has 0 aliphatic carbocycles. The van der Waals surface area contributed by atoms with Crippen molar-refractivity contribution in [3.8, 4) is 0 Å². The number of carbonyl (C=O) groups excluding carboxylic acids is 4. The molecule has 0 saturated heterocycles. The molecular formula is C23H33N7O8. The van der Waals surface area contributed by atoms with Crippen LogP contribution in [0.25, 0.3) is 0 Å². The Labute approximate surface area is 218 Å². The van der Waals surface area contributed by atoms with Crippen molar-refractivity contribution >= 4 is 41.0 Å². The van der Waals surface area contributed by atoms with Gasteiger partial charge < -0.3 is 37.8 Å². The van der Waals surface area contributed by atoms with Crippen molar-refractivity contribution in [2.75, 3.05) is 18.4 Å². The number of nitrogens with two attached hydrogens (primary N) is 2. The van der Waals surface area contributed by atoms with Gasteiger partial charge in [0.25, 0.3) is 11.6 Å². The van der Waals surface area contributed by atoms with Gasteiger partial charge in [-0.25, -0.2) is 0 Å². The van der Waals surface area contributed by atoms with Gasteiger partial charge in [0, 0.05) is 30.8 Å². The summed E-state index contributed by atoms with van der Waals surface area (Å²) in [6, 6.07) is 0.0273. The Morgan fingerprint density at radius 3 is 2.37 bits per heavy atom. The van der Waals surface area contributed by atoms with Gasteiger partial charge in [-0.05, 0) is 51.1 Å². The van der Waals surface area contributed by atoms with Crippen LogP contribution in [0.1, 0.15) is 55.3 Å². The fourth-order valence-corrected chi connectivity index (χ4v) is 3.88. The minimum absolute atomic E-state index is 0.137. The molecular weight excluding hydrogens is 502 g/mol. The Bertz CT molecular complexity index is 1060. The van der Waals surface area contributed by atoms with Crippen molar-refractivity contribution in [3.63, 3.8) is 0 Å². The molecule has 2 rings (SSSR count). The molecule has 1 aliphatic heterocycles. The van der Waals surface area contributed by atoms with Gasteiger partial charge in [0.1, 0.15) is 18.1 Å². The Balaban J connectivity index is 2.47. The number of primary amides is 1. The van der Waals surface area contributed by atoms with E-state index in [1.54, 1.807) is 0 Å². The number of carbonyl (C=O) groups is 5. The summed E-state index contributed by atoms with van der Waals surface area (Å²) in [5, 5.41) is 30.9. The zero-order valence-electron chi connectivity index (χ0n) is 20.7. The molecule has 1 aromatic carbocycles. The Kier molecular flexibility index (Phi) is 11.4. The van der Waals surface area contributed by atoms with Crippen LogP contribution in [-0.4, -0.2) is 70.8 Å². The number of carboxylic acids is 1. The number of nitrogens with one attached hydrogen (secondary N) is 4. The predicted molar refractivity (Wildman–Crippen MR) is 135 cm³/mol. The number of fused-ring (bicyclic) bond motifs is 1. The van der Waals surface area contributed by atoms with Crippen LogP contribution in [0.15, 0.2) is 18.2 Å². The highest BCUT2D eigenvalue weighted by Gasteiger charge is 2.30. The summed E-state index contributed by atoms with van der Waals surface area (Å²) < 4.78 is 0. The van der Waals surface area contributed by atoms with Gasteiger partial charge in [-0.2, -0.15) is 0 Å². The quantitative estimate of drug-likeness (QED) is 0.119. The highest BCUT2D eigenvalue weighted by Crippen LogP contribution is 2.23. The smallest absolute Gasteiger partial charge is 0.303 e. The second-order valence-corrected chi connectivity index (χ2v) is 8.82. The van der Waals surface area contributed by atoms with Gasteiger partial charge in [-0.15, -0.1) is 0 Å². The molecule has 38 heavy (non-hydrogen) atoms. The second-order valence-electron chi connectivity index (χ2n) is 8.82. The summed E-state index contributed by atoms with van der Waals surface area (Å²) in [5.74, 6) is -4.35. The molecule has 4 amide bonds. The number of nitro benzene ring substituents is 1. The number of nitrogens with zero attached hydrogens (tertiary/aromatic N) is 1. The van der Waals surface area contributed by atoms with Crippen molar-refractivity contribution in [1.82, 2.24) is 16.0 Å². The third kappa shape index (κ3) is 8.99. The predicted octanol–water partition coefficient (Wildman–Crippen LogP) is -0.652. The van der Waals surface area contributed by atoms with Crippen LogP contribution in [-0.2, 0) is 19.2 Å². The van der Waals surface area contributed by atoms with Crippen molar-refractivity contribution < 1.29 is 34.0 Å². The third-order valence-corrected chi connectivity index (χ3v) is 5.95. The van der Waals surface area contributed by atoms with E-state index in [2.05, 4.69) is 21.3 Å². The lowest BCUT2D eigenvalue weighted by molar-refractivity contribution is -0.384. The normalized spacial score (nSPS) is 20.9. The minimum Gasteiger partial charge on any atom is -0.481 e. The number of rotatable bonds is 9. The lowest BCUT2D eigenvalue weighted by atomic mass is 10.0. The number of unbranched alkanes of at least 4 members (excludes halogenated alkanes) is 1. The summed E-state index contributed by atoms with van der Waals surface area (Å²) in [6.07, 6.45) is 0.863. The average molecular weight is 536 g/mol. The van der Waals surface area contributed by atoms with Crippen LogP contribution >= 0.6 is 0 Å². The molecule has 15 heteroatoms. The maximum atomic E-state index is 13.2. The van der Waals surface area contributed by atoms with E-state index >= 15 is 0 Å². The first kappa shape index (κ1) is 30.0. The molecule has 0 fully saturated rings. The number of anilines is 1. The van der Waals surface area contributed by atoms with E-state index in [0.717, 1.165) is 6.07 Å². The molecule has 0 radical (unpaired) electrons. The van der Waals surface area contributed by atoms with Gasteiger partial charge in [-0.3, -0.25) is 34.1 Å². The maximum absolute atomic E-state index is 13.2. The second kappa shape index (κ2) is 14.5. The molecule has 1 aromatic rings. The monoisotopic (exact) mass is 535 g/mol. The Hall–Kier alpha value is -4.27. The van der Waals surface area contributed by atoms with Crippen molar-refractivity contribution in [2.24, 2.45) is 11.5 Å². The zero-order valence-corrected chi connectivity index (χ0v) is 20.7. The number of carboxylic acid groups (broad SMARTS) is 1. The first-order chi connectivity index (χ1) is 18.0. The number of aliphatic carboxylic acids is 1. The van der Waals surface area contributed by atoms with Gasteiger partial charge in [-0.1, -0.05) is 0 Å². The van der Waals surface area contributed by atoms with Crippen LogP contribution in [0.2, 0.25) is 0 Å².